The molecule has 0 atom stereocenters. The molecular formula is C13H14FN3O3. The molecule has 2 aromatic rings. The van der Waals surface area contributed by atoms with Gasteiger partial charge in [-0.3, -0.25) is 0 Å². The minimum Gasteiger partial charge on any atom is -0.505 e. The third-order valence-corrected chi connectivity index (χ3v) is 2.67. The molecule has 106 valence electrons. The van der Waals surface area contributed by atoms with Gasteiger partial charge in [-0.1, -0.05) is 0 Å². The first-order chi connectivity index (χ1) is 9.65. The Balaban J connectivity index is 2.19. The van der Waals surface area contributed by atoms with Gasteiger partial charge in [0, 0.05) is 11.8 Å². The third kappa shape index (κ3) is 2.87. The van der Waals surface area contributed by atoms with E-state index in [-0.39, 0.29) is 6.54 Å². The highest BCUT2D eigenvalue weighted by Gasteiger charge is 2.12. The monoisotopic (exact) mass is 279 g/mol. The fourth-order valence-electron chi connectivity index (χ4n) is 1.69. The van der Waals surface area contributed by atoms with Gasteiger partial charge in [0.2, 0.25) is 11.8 Å². The number of hydrogen-bond donors (Lipinski definition) is 2. The van der Waals surface area contributed by atoms with E-state index in [4.69, 9.17) is 14.6 Å². The second-order valence-corrected chi connectivity index (χ2v) is 3.89. The van der Waals surface area contributed by atoms with Crippen LogP contribution in [0.5, 0.6) is 17.5 Å². The molecule has 0 aliphatic heterocycles. The Bertz CT molecular complexity index is 585. The van der Waals surface area contributed by atoms with Crippen LogP contribution in [0.25, 0.3) is 0 Å². The molecule has 2 rings (SSSR count). The number of hydrogen-bond acceptors (Lipinski definition) is 6. The van der Waals surface area contributed by atoms with Crippen molar-refractivity contribution in [3.8, 4) is 17.5 Å². The van der Waals surface area contributed by atoms with Crippen molar-refractivity contribution >= 4 is 5.69 Å². The summed E-state index contributed by atoms with van der Waals surface area (Å²) in [6.07, 6.45) is 1.33. The van der Waals surface area contributed by atoms with E-state index in [2.05, 4.69) is 15.3 Å². The van der Waals surface area contributed by atoms with Gasteiger partial charge in [0.25, 0.3) is 0 Å². The summed E-state index contributed by atoms with van der Waals surface area (Å²) in [6, 6.07) is 4.02. The van der Waals surface area contributed by atoms with Crippen molar-refractivity contribution in [2.75, 3.05) is 19.5 Å². The van der Waals surface area contributed by atoms with Crippen LogP contribution in [0.15, 0.2) is 24.5 Å². The van der Waals surface area contributed by atoms with Crippen molar-refractivity contribution in [2.45, 2.75) is 6.54 Å². The highest BCUT2D eigenvalue weighted by Crippen LogP contribution is 2.25. The average Bonchev–Trinajstić information content (AvgIpc) is 2.48. The van der Waals surface area contributed by atoms with Gasteiger partial charge in [0.15, 0.2) is 11.6 Å². The Morgan fingerprint density at radius 2 is 1.85 bits per heavy atom. The highest BCUT2D eigenvalue weighted by molar-refractivity contribution is 5.48. The Kier molecular flexibility index (Phi) is 4.19. The molecule has 0 fully saturated rings. The molecule has 0 saturated carbocycles. The lowest BCUT2D eigenvalue weighted by Gasteiger charge is -2.12. The summed E-state index contributed by atoms with van der Waals surface area (Å²) in [5.74, 6) is -0.334. The number of phenols is 1. The number of rotatable bonds is 5. The standard InChI is InChI=1S/C13H14FN3O3/c1-19-12-9(13(20-2)17-7-16-12)6-15-8-3-4-11(18)10(14)5-8/h3-5,7,15,18H,6H2,1-2H3. The van der Waals surface area contributed by atoms with Crippen LogP contribution in [-0.4, -0.2) is 29.3 Å². The van der Waals surface area contributed by atoms with E-state index in [1.165, 1.54) is 32.7 Å². The third-order valence-electron chi connectivity index (χ3n) is 2.67. The van der Waals surface area contributed by atoms with Crippen LogP contribution in [0.4, 0.5) is 10.1 Å². The molecule has 2 N–H and O–H groups in total. The van der Waals surface area contributed by atoms with E-state index >= 15 is 0 Å². The molecule has 0 unspecified atom stereocenters. The molecule has 0 aliphatic carbocycles. The largest absolute Gasteiger partial charge is 0.505 e. The predicted molar refractivity (Wildman–Crippen MR) is 70.5 cm³/mol. The van der Waals surface area contributed by atoms with Crippen LogP contribution < -0.4 is 14.8 Å². The van der Waals surface area contributed by atoms with Crippen LogP contribution in [0.1, 0.15) is 5.56 Å². The lowest BCUT2D eigenvalue weighted by molar-refractivity contribution is 0.363. The predicted octanol–water partition coefficient (Wildman–Crippen LogP) is 1.95. The van der Waals surface area contributed by atoms with Gasteiger partial charge >= 0.3 is 0 Å². The fourth-order valence-corrected chi connectivity index (χ4v) is 1.69. The number of ether oxygens (including phenoxy) is 2. The first-order valence-electron chi connectivity index (χ1n) is 5.80. The number of halogens is 1. The number of anilines is 1. The molecule has 0 radical (unpaired) electrons. The molecule has 0 spiro atoms. The zero-order valence-corrected chi connectivity index (χ0v) is 11.1. The van der Waals surface area contributed by atoms with Crippen LogP contribution in [0.2, 0.25) is 0 Å². The van der Waals surface area contributed by atoms with Crippen molar-refractivity contribution in [3.05, 3.63) is 35.9 Å². The summed E-state index contributed by atoms with van der Waals surface area (Å²) in [5, 5.41) is 12.1. The fraction of sp³-hybridized carbons (Fsp3) is 0.231. The molecule has 1 heterocycles. The maximum absolute atomic E-state index is 13.2. The van der Waals surface area contributed by atoms with Gasteiger partial charge in [-0.15, -0.1) is 0 Å². The van der Waals surface area contributed by atoms with Crippen LogP contribution in [0, 0.1) is 5.82 Å². The van der Waals surface area contributed by atoms with Crippen molar-refractivity contribution in [2.24, 2.45) is 0 Å². The van der Waals surface area contributed by atoms with E-state index < -0.39 is 11.6 Å². The van der Waals surface area contributed by atoms with Gasteiger partial charge in [-0.2, -0.15) is 0 Å². The van der Waals surface area contributed by atoms with Crippen molar-refractivity contribution in [3.63, 3.8) is 0 Å². The lowest BCUT2D eigenvalue weighted by Crippen LogP contribution is -2.06. The molecule has 0 amide bonds. The molecule has 6 nitrogen and oxygen atoms in total. The summed E-state index contributed by atoms with van der Waals surface area (Å²) in [5.41, 5.74) is 1.12. The molecule has 1 aromatic heterocycles. The topological polar surface area (TPSA) is 76.5 Å². The second kappa shape index (κ2) is 6.05. The summed E-state index contributed by atoms with van der Waals surface area (Å²) in [4.78, 5) is 7.96. The highest BCUT2D eigenvalue weighted by atomic mass is 19.1. The van der Waals surface area contributed by atoms with Crippen LogP contribution in [0.3, 0.4) is 0 Å². The molecule has 7 heteroatoms. The first kappa shape index (κ1) is 13.9. The molecule has 1 aromatic carbocycles. The van der Waals surface area contributed by atoms with E-state index in [9.17, 15) is 4.39 Å². The van der Waals surface area contributed by atoms with E-state index in [0.717, 1.165) is 0 Å². The number of methoxy groups -OCH3 is 2. The minimum absolute atomic E-state index is 0.289. The van der Waals surface area contributed by atoms with Gasteiger partial charge in [-0.25, -0.2) is 14.4 Å². The van der Waals surface area contributed by atoms with Crippen LogP contribution >= 0.6 is 0 Å². The first-order valence-corrected chi connectivity index (χ1v) is 5.80. The SMILES string of the molecule is COc1ncnc(OC)c1CNc1ccc(O)c(F)c1. The number of nitrogens with one attached hydrogen (secondary N) is 1. The Morgan fingerprint density at radius 3 is 2.40 bits per heavy atom. The molecular weight excluding hydrogens is 265 g/mol. The number of nitrogens with zero attached hydrogens (tertiary/aromatic N) is 2. The van der Waals surface area contributed by atoms with Crippen LogP contribution in [-0.2, 0) is 6.54 Å². The number of aromatic hydroxyl groups is 1. The Labute approximate surface area is 115 Å². The van der Waals surface area contributed by atoms with Crippen molar-refractivity contribution in [1.29, 1.82) is 0 Å². The summed E-state index contributed by atoms with van der Waals surface area (Å²) >= 11 is 0. The Hall–Kier alpha value is -2.57. The molecule has 0 aliphatic rings. The summed E-state index contributed by atoms with van der Waals surface area (Å²) in [6.45, 7) is 0.289. The normalized spacial score (nSPS) is 10.2. The Morgan fingerprint density at radius 1 is 1.20 bits per heavy atom. The van der Waals surface area contributed by atoms with Gasteiger partial charge in [0.1, 0.15) is 6.33 Å². The smallest absolute Gasteiger partial charge is 0.225 e. The van der Waals surface area contributed by atoms with E-state index in [1.807, 2.05) is 0 Å². The zero-order chi connectivity index (χ0) is 14.5. The zero-order valence-electron chi connectivity index (χ0n) is 11.1. The quantitative estimate of drug-likeness (QED) is 0.815. The molecule has 0 saturated heterocycles. The average molecular weight is 279 g/mol. The van der Waals surface area contributed by atoms with E-state index in [0.29, 0.717) is 23.0 Å². The maximum atomic E-state index is 13.2. The lowest BCUT2D eigenvalue weighted by atomic mass is 10.2. The van der Waals surface area contributed by atoms with Crippen molar-refractivity contribution in [1.82, 2.24) is 9.97 Å². The number of benzene rings is 1. The number of phenolic OH excluding ortho intramolecular Hbond substituents is 1. The molecule has 0 bridgehead atoms. The van der Waals surface area contributed by atoms with Gasteiger partial charge in [0.05, 0.1) is 26.3 Å². The number of aromatic nitrogens is 2. The van der Waals surface area contributed by atoms with Gasteiger partial charge in [-0.05, 0) is 12.1 Å². The maximum Gasteiger partial charge on any atom is 0.225 e. The van der Waals surface area contributed by atoms with Gasteiger partial charge < -0.3 is 19.9 Å². The van der Waals surface area contributed by atoms with E-state index in [1.54, 1.807) is 6.07 Å². The summed E-state index contributed by atoms with van der Waals surface area (Å²) < 4.78 is 23.5. The van der Waals surface area contributed by atoms with Crippen molar-refractivity contribution < 1.29 is 19.0 Å². The second-order valence-electron chi connectivity index (χ2n) is 3.89. The summed E-state index contributed by atoms with van der Waals surface area (Å²) in [7, 11) is 2.98. The minimum atomic E-state index is -0.696. The molecule has 20 heavy (non-hydrogen) atoms.